The van der Waals surface area contributed by atoms with E-state index in [0.29, 0.717) is 0 Å². The highest BCUT2D eigenvalue weighted by atomic mass is 32.2. The van der Waals surface area contributed by atoms with Gasteiger partial charge in [-0.1, -0.05) is 36.9 Å². The summed E-state index contributed by atoms with van der Waals surface area (Å²) in [6.07, 6.45) is 5.93. The monoisotopic (exact) mass is 204 g/mol. The topological polar surface area (TPSA) is 0 Å². The highest BCUT2D eigenvalue weighted by Crippen LogP contribution is 2.28. The maximum atomic E-state index is 3.76. The molecule has 74 valence electrons. The summed E-state index contributed by atoms with van der Waals surface area (Å²) >= 11 is 2.13. The quantitative estimate of drug-likeness (QED) is 0.722. The molecule has 0 amide bonds. The molecular weight excluding hydrogens is 188 g/mol. The third-order valence-electron chi connectivity index (χ3n) is 2.70. The summed E-state index contributed by atoms with van der Waals surface area (Å²) < 4.78 is 0. The molecule has 0 spiro atoms. The summed E-state index contributed by atoms with van der Waals surface area (Å²) in [5, 5.41) is 0.865. The third kappa shape index (κ3) is 2.42. The summed E-state index contributed by atoms with van der Waals surface area (Å²) in [6.45, 7) is 3.76. The second-order valence-corrected chi connectivity index (χ2v) is 5.19. The number of benzene rings is 1. The van der Waals surface area contributed by atoms with Gasteiger partial charge in [0.15, 0.2) is 0 Å². The zero-order valence-electron chi connectivity index (χ0n) is 8.41. The first kappa shape index (κ1) is 9.85. The van der Waals surface area contributed by atoms with Gasteiger partial charge in [0.05, 0.1) is 0 Å². The average Bonchev–Trinajstić information content (AvgIpc) is 2.72. The molecule has 0 saturated carbocycles. The van der Waals surface area contributed by atoms with E-state index in [0.717, 1.165) is 5.25 Å². The fraction of sp³-hybridized carbons (Fsp3) is 0.385. The van der Waals surface area contributed by atoms with E-state index in [1.807, 2.05) is 6.08 Å². The third-order valence-corrected chi connectivity index (χ3v) is 4.10. The van der Waals surface area contributed by atoms with Crippen LogP contribution >= 0.6 is 11.8 Å². The van der Waals surface area contributed by atoms with Gasteiger partial charge in [0.25, 0.3) is 0 Å². The highest BCUT2D eigenvalue weighted by Gasteiger charge is 2.15. The van der Waals surface area contributed by atoms with Crippen molar-refractivity contribution < 1.29 is 0 Å². The molecule has 0 N–H and O–H groups in total. The minimum atomic E-state index is 0.865. The maximum absolute atomic E-state index is 3.76. The average molecular weight is 204 g/mol. The molecule has 1 heteroatoms. The van der Waals surface area contributed by atoms with Crippen LogP contribution in [0.5, 0.6) is 0 Å². The lowest BCUT2D eigenvalue weighted by molar-refractivity contribution is 0.777. The first-order valence-electron chi connectivity index (χ1n) is 5.21. The summed E-state index contributed by atoms with van der Waals surface area (Å²) in [5.41, 5.74) is 2.68. The van der Waals surface area contributed by atoms with Crippen molar-refractivity contribution in [2.24, 2.45) is 0 Å². The van der Waals surface area contributed by atoms with Crippen LogP contribution in [0.25, 0.3) is 6.08 Å². The Hall–Kier alpha value is -0.690. The lowest BCUT2D eigenvalue weighted by atomic mass is 10.1. The fourth-order valence-electron chi connectivity index (χ4n) is 1.86. The largest absolute Gasteiger partial charge is 0.158 e. The van der Waals surface area contributed by atoms with Gasteiger partial charge in [-0.2, -0.15) is 11.8 Å². The van der Waals surface area contributed by atoms with Gasteiger partial charge in [0, 0.05) is 5.25 Å². The van der Waals surface area contributed by atoms with E-state index >= 15 is 0 Å². The van der Waals surface area contributed by atoms with Crippen molar-refractivity contribution >= 4 is 17.8 Å². The van der Waals surface area contributed by atoms with Crippen molar-refractivity contribution in [3.8, 4) is 0 Å². The number of hydrogen-bond acceptors (Lipinski definition) is 1. The van der Waals surface area contributed by atoms with Crippen LogP contribution in [0.2, 0.25) is 0 Å². The molecule has 14 heavy (non-hydrogen) atoms. The van der Waals surface area contributed by atoms with E-state index in [1.165, 1.54) is 36.1 Å². The fourth-order valence-corrected chi connectivity index (χ4v) is 3.17. The lowest BCUT2D eigenvalue weighted by Gasteiger charge is -2.08. The Bertz CT molecular complexity index is 294. The van der Waals surface area contributed by atoms with E-state index in [9.17, 15) is 0 Å². The van der Waals surface area contributed by atoms with Gasteiger partial charge >= 0.3 is 0 Å². The summed E-state index contributed by atoms with van der Waals surface area (Å²) in [5.74, 6) is 1.36. The smallest absolute Gasteiger partial charge is 0.00877 e. The van der Waals surface area contributed by atoms with Crippen LogP contribution < -0.4 is 0 Å². The van der Waals surface area contributed by atoms with Crippen molar-refractivity contribution in [2.75, 3.05) is 5.75 Å². The summed E-state index contributed by atoms with van der Waals surface area (Å²) in [7, 11) is 0. The predicted octanol–water partition coefficient (Wildman–Crippen LogP) is 3.77. The first-order chi connectivity index (χ1) is 6.88. The molecule has 0 bridgehead atoms. The zero-order chi connectivity index (χ0) is 9.80. The van der Waals surface area contributed by atoms with Crippen molar-refractivity contribution in [1.82, 2.24) is 0 Å². The second kappa shape index (κ2) is 4.70. The Morgan fingerprint density at radius 3 is 2.71 bits per heavy atom. The normalized spacial score (nSPS) is 21.0. The maximum Gasteiger partial charge on any atom is 0.00877 e. The number of hydrogen-bond donors (Lipinski definition) is 0. The predicted molar refractivity (Wildman–Crippen MR) is 65.7 cm³/mol. The molecule has 1 heterocycles. The summed E-state index contributed by atoms with van der Waals surface area (Å²) in [4.78, 5) is 0. The van der Waals surface area contributed by atoms with Crippen LogP contribution in [0, 0.1) is 0 Å². The molecule has 0 aliphatic carbocycles. The van der Waals surface area contributed by atoms with Gasteiger partial charge in [0.2, 0.25) is 0 Å². The molecule has 1 aliphatic rings. The van der Waals surface area contributed by atoms with Crippen LogP contribution in [0.4, 0.5) is 0 Å². The lowest BCUT2D eigenvalue weighted by Crippen LogP contribution is -2.01. The van der Waals surface area contributed by atoms with Crippen molar-refractivity contribution in [3.05, 3.63) is 42.0 Å². The minimum absolute atomic E-state index is 0.865. The molecule has 1 aromatic carbocycles. The van der Waals surface area contributed by atoms with Crippen molar-refractivity contribution in [1.29, 1.82) is 0 Å². The SMILES string of the molecule is C=Cc1ccc(CC2CCCS2)cc1. The molecular formula is C13H16S. The van der Waals surface area contributed by atoms with Gasteiger partial charge in [-0.05, 0) is 36.1 Å². The second-order valence-electron chi connectivity index (χ2n) is 3.78. The molecule has 1 aromatic rings. The van der Waals surface area contributed by atoms with Crippen LogP contribution in [0.15, 0.2) is 30.8 Å². The van der Waals surface area contributed by atoms with Crippen LogP contribution in [0.3, 0.4) is 0 Å². The first-order valence-corrected chi connectivity index (χ1v) is 6.26. The van der Waals surface area contributed by atoms with Crippen LogP contribution in [0.1, 0.15) is 24.0 Å². The Labute approximate surface area is 90.4 Å². The van der Waals surface area contributed by atoms with E-state index in [4.69, 9.17) is 0 Å². The Kier molecular flexibility index (Phi) is 3.30. The Morgan fingerprint density at radius 2 is 2.14 bits per heavy atom. The van der Waals surface area contributed by atoms with Crippen LogP contribution in [-0.4, -0.2) is 11.0 Å². The van der Waals surface area contributed by atoms with Crippen LogP contribution in [-0.2, 0) is 6.42 Å². The van der Waals surface area contributed by atoms with Gasteiger partial charge in [-0.15, -0.1) is 0 Å². The molecule has 1 fully saturated rings. The molecule has 1 atom stereocenters. The molecule has 0 aromatic heterocycles. The standard InChI is InChI=1S/C13H16S/c1-2-11-5-7-12(8-6-11)10-13-4-3-9-14-13/h2,5-8,13H,1,3-4,9-10H2. The van der Waals surface area contributed by atoms with Crippen molar-refractivity contribution in [2.45, 2.75) is 24.5 Å². The van der Waals surface area contributed by atoms with Gasteiger partial charge in [-0.25, -0.2) is 0 Å². The Balaban J connectivity index is 1.98. The Morgan fingerprint density at radius 1 is 1.36 bits per heavy atom. The molecule has 1 aliphatic heterocycles. The zero-order valence-corrected chi connectivity index (χ0v) is 9.22. The van der Waals surface area contributed by atoms with Crippen molar-refractivity contribution in [3.63, 3.8) is 0 Å². The van der Waals surface area contributed by atoms with E-state index in [-0.39, 0.29) is 0 Å². The molecule has 2 rings (SSSR count). The van der Waals surface area contributed by atoms with E-state index < -0.39 is 0 Å². The number of rotatable bonds is 3. The van der Waals surface area contributed by atoms with E-state index in [1.54, 1.807) is 0 Å². The highest BCUT2D eigenvalue weighted by molar-refractivity contribution is 8.00. The molecule has 1 saturated heterocycles. The van der Waals surface area contributed by atoms with E-state index in [2.05, 4.69) is 42.6 Å². The molecule has 1 unspecified atom stereocenters. The van der Waals surface area contributed by atoms with Gasteiger partial charge < -0.3 is 0 Å². The molecule has 0 radical (unpaired) electrons. The minimum Gasteiger partial charge on any atom is -0.158 e. The molecule has 0 nitrogen and oxygen atoms in total. The number of thioether (sulfide) groups is 1. The summed E-state index contributed by atoms with van der Waals surface area (Å²) in [6, 6.07) is 8.77. The van der Waals surface area contributed by atoms with Gasteiger partial charge in [0.1, 0.15) is 0 Å². The van der Waals surface area contributed by atoms with Gasteiger partial charge in [-0.3, -0.25) is 0 Å².